The van der Waals surface area contributed by atoms with Crippen LogP contribution in [0.15, 0.2) is 78.9 Å². The molecule has 2 aliphatic carbocycles. The van der Waals surface area contributed by atoms with Crippen LogP contribution in [0.4, 0.5) is 13.2 Å². The number of imidazole rings is 1. The zero-order valence-electron chi connectivity index (χ0n) is 31.7. The largest absolute Gasteiger partial charge is 0.496 e. The van der Waals surface area contributed by atoms with E-state index in [9.17, 15) is 18.0 Å². The first kappa shape index (κ1) is 39.4. The average Bonchev–Trinajstić information content (AvgIpc) is 3.59. The summed E-state index contributed by atoms with van der Waals surface area (Å²) in [5.41, 5.74) is 11.1. The maximum Gasteiger partial charge on any atom is 0.490 e. The number of alkyl halides is 3. The molecule has 2 aliphatic rings. The van der Waals surface area contributed by atoms with Crippen molar-refractivity contribution >= 4 is 23.0 Å². The van der Waals surface area contributed by atoms with E-state index >= 15 is 0 Å². The van der Waals surface area contributed by atoms with E-state index in [1.54, 1.807) is 36.4 Å². The fraction of sp³-hybridized carbons (Fsp3) is 0.386. The molecule has 0 unspecified atom stereocenters. The number of hydrogen-bond acceptors (Lipinski definition) is 5. The Kier molecular flexibility index (Phi) is 11.0. The monoisotopic (exact) mass is 756 g/mol. The minimum Gasteiger partial charge on any atom is -0.496 e. The molecule has 55 heavy (non-hydrogen) atoms. The predicted octanol–water partition coefficient (Wildman–Crippen LogP) is 10.4. The Hall–Kier alpha value is -5.32. The van der Waals surface area contributed by atoms with Gasteiger partial charge in [0.05, 0.1) is 23.7 Å². The molecule has 11 heteroatoms. The summed E-state index contributed by atoms with van der Waals surface area (Å²) in [5, 5.41) is 16.3. The fourth-order valence-electron chi connectivity index (χ4n) is 9.05. The molecule has 5 aromatic rings. The number of aromatic amines is 1. The molecule has 1 aromatic heterocycles. The van der Waals surface area contributed by atoms with Gasteiger partial charge in [-0.1, -0.05) is 88.7 Å². The van der Waals surface area contributed by atoms with Gasteiger partial charge in [-0.2, -0.15) is 13.2 Å². The first-order valence-electron chi connectivity index (χ1n) is 18.6. The Morgan fingerprint density at radius 1 is 0.964 bits per heavy atom. The van der Waals surface area contributed by atoms with Crippen LogP contribution in [0.25, 0.3) is 33.5 Å². The standard InChI is InChI=1S/C42H46N2O4.C2HF3O2/c1-26(2)28-12-16-34-29(22-28)13-19-37-41(3,20-9-21-42(34,37)4)24-33-31(27-10-7-6-8-11-27)15-17-35-39(33)44-40(43-35)32-23-30(48-25-38(45)46)14-18-36(32)47-5;3-2(4,5)1(6)7/h6-8,10-12,14-18,22-23,26,37H,9,13,19-21,24-25H2,1-5H3,(H,43,44)(H,45,46);(H,6,7)/t37-,41+,42+;/m0./s1. The highest BCUT2D eigenvalue weighted by Crippen LogP contribution is 2.59. The zero-order chi connectivity index (χ0) is 39.7. The molecular weight excluding hydrogens is 709 g/mol. The molecule has 0 saturated heterocycles. The summed E-state index contributed by atoms with van der Waals surface area (Å²) < 4.78 is 43.0. The summed E-state index contributed by atoms with van der Waals surface area (Å²) >= 11 is 0. The number of benzene rings is 4. The van der Waals surface area contributed by atoms with Gasteiger partial charge in [0, 0.05) is 0 Å². The minimum atomic E-state index is -5.08. The molecular formula is C44H47F3N2O6. The van der Waals surface area contributed by atoms with Crippen molar-refractivity contribution in [2.45, 2.75) is 83.7 Å². The summed E-state index contributed by atoms with van der Waals surface area (Å²) in [6.45, 7) is 9.24. The molecule has 7 rings (SSSR count). The number of H-pyrrole nitrogens is 1. The van der Waals surface area contributed by atoms with Gasteiger partial charge in [-0.15, -0.1) is 0 Å². The second-order valence-electron chi connectivity index (χ2n) is 15.6. The molecule has 290 valence electrons. The number of halogens is 3. The van der Waals surface area contributed by atoms with Gasteiger partial charge in [0.25, 0.3) is 0 Å². The van der Waals surface area contributed by atoms with Crippen molar-refractivity contribution in [2.75, 3.05) is 13.7 Å². The minimum absolute atomic E-state index is 0.0839. The zero-order valence-corrected chi connectivity index (χ0v) is 31.7. The lowest BCUT2D eigenvalue weighted by molar-refractivity contribution is -0.192. The highest BCUT2D eigenvalue weighted by molar-refractivity contribution is 5.90. The van der Waals surface area contributed by atoms with Crippen molar-refractivity contribution in [3.63, 3.8) is 0 Å². The lowest BCUT2D eigenvalue weighted by Crippen LogP contribution is -2.50. The molecule has 8 nitrogen and oxygen atoms in total. The lowest BCUT2D eigenvalue weighted by atomic mass is 9.48. The number of carbonyl (C=O) groups is 2. The molecule has 1 fully saturated rings. The number of fused-ring (bicyclic) bond motifs is 4. The van der Waals surface area contributed by atoms with Crippen LogP contribution >= 0.6 is 0 Å². The first-order valence-corrected chi connectivity index (χ1v) is 18.6. The van der Waals surface area contributed by atoms with Gasteiger partial charge in [-0.05, 0) is 112 Å². The number of carboxylic acids is 2. The molecule has 0 spiro atoms. The number of nitrogens with zero attached hydrogens (tertiary/aromatic N) is 1. The maximum absolute atomic E-state index is 11.2. The van der Waals surface area contributed by atoms with E-state index < -0.39 is 24.7 Å². The number of nitrogens with one attached hydrogen (secondary N) is 1. The molecule has 0 amide bonds. The van der Waals surface area contributed by atoms with Gasteiger partial charge in [0.1, 0.15) is 17.3 Å². The molecule has 0 radical (unpaired) electrons. The molecule has 3 atom stereocenters. The van der Waals surface area contributed by atoms with Crippen molar-refractivity contribution in [3.05, 3.63) is 101 Å². The Morgan fingerprint density at radius 3 is 2.35 bits per heavy atom. The van der Waals surface area contributed by atoms with E-state index in [1.807, 2.05) is 0 Å². The number of ether oxygens (including phenoxy) is 2. The van der Waals surface area contributed by atoms with Gasteiger partial charge in [0.2, 0.25) is 0 Å². The van der Waals surface area contributed by atoms with E-state index in [1.165, 1.54) is 47.9 Å². The molecule has 0 bridgehead atoms. The number of methoxy groups -OCH3 is 1. The smallest absolute Gasteiger partial charge is 0.490 e. The number of aryl methyl sites for hydroxylation is 1. The van der Waals surface area contributed by atoms with Crippen LogP contribution in [0, 0.1) is 11.3 Å². The van der Waals surface area contributed by atoms with Gasteiger partial charge in [0.15, 0.2) is 6.61 Å². The van der Waals surface area contributed by atoms with Crippen molar-refractivity contribution in [1.29, 1.82) is 0 Å². The van der Waals surface area contributed by atoms with E-state index in [4.69, 9.17) is 29.5 Å². The van der Waals surface area contributed by atoms with E-state index in [2.05, 4.69) is 93.3 Å². The predicted molar refractivity (Wildman–Crippen MR) is 206 cm³/mol. The number of aliphatic carboxylic acids is 2. The number of carboxylic acid groups (broad SMARTS) is 2. The van der Waals surface area contributed by atoms with Crippen molar-refractivity contribution in [3.8, 4) is 34.0 Å². The number of rotatable bonds is 9. The topological polar surface area (TPSA) is 122 Å². The number of hydrogen-bond donors (Lipinski definition) is 3. The van der Waals surface area contributed by atoms with Crippen LogP contribution in [0.5, 0.6) is 11.5 Å². The quantitative estimate of drug-likeness (QED) is 0.137. The molecule has 3 N–H and O–H groups in total. The summed E-state index contributed by atoms with van der Waals surface area (Å²) in [5.74, 6) is -0.940. The Morgan fingerprint density at radius 2 is 1.69 bits per heavy atom. The first-order chi connectivity index (χ1) is 26.0. The second kappa shape index (κ2) is 15.4. The average molecular weight is 757 g/mol. The van der Waals surface area contributed by atoms with E-state index in [0.29, 0.717) is 29.2 Å². The van der Waals surface area contributed by atoms with Crippen molar-refractivity contribution in [1.82, 2.24) is 9.97 Å². The Balaban J connectivity index is 0.000000672. The van der Waals surface area contributed by atoms with Crippen molar-refractivity contribution < 1.29 is 42.4 Å². The molecule has 1 saturated carbocycles. The van der Waals surface area contributed by atoms with E-state index in [0.717, 1.165) is 29.4 Å². The van der Waals surface area contributed by atoms with Crippen LogP contribution in [0.2, 0.25) is 0 Å². The van der Waals surface area contributed by atoms with E-state index in [-0.39, 0.29) is 10.8 Å². The van der Waals surface area contributed by atoms with Gasteiger partial charge in [-0.25, -0.2) is 14.6 Å². The van der Waals surface area contributed by atoms with Crippen LogP contribution in [0.1, 0.15) is 81.5 Å². The Bertz CT molecular complexity index is 2200. The summed E-state index contributed by atoms with van der Waals surface area (Å²) in [7, 11) is 1.63. The van der Waals surface area contributed by atoms with Crippen LogP contribution in [-0.4, -0.2) is 52.0 Å². The fourth-order valence-corrected chi connectivity index (χ4v) is 9.05. The van der Waals surface area contributed by atoms with Gasteiger partial charge in [-0.3, -0.25) is 0 Å². The van der Waals surface area contributed by atoms with Crippen LogP contribution in [0.3, 0.4) is 0 Å². The molecule has 1 heterocycles. The third-order valence-corrected chi connectivity index (χ3v) is 11.6. The SMILES string of the molecule is COc1ccc(OCC(=O)O)cc1-c1nc2c(C[C@@]3(C)CCC[C@]4(C)c5ccc(C(C)C)cc5CC[C@@H]34)c(-c3ccccc3)ccc2[nH]1.O=C(O)C(F)(F)F. The second-order valence-corrected chi connectivity index (χ2v) is 15.6. The molecule has 4 aromatic carbocycles. The maximum atomic E-state index is 11.2. The third-order valence-electron chi connectivity index (χ3n) is 11.6. The molecule has 0 aliphatic heterocycles. The van der Waals surface area contributed by atoms with Gasteiger partial charge < -0.3 is 24.7 Å². The highest BCUT2D eigenvalue weighted by Gasteiger charge is 2.52. The highest BCUT2D eigenvalue weighted by atomic mass is 19.4. The summed E-state index contributed by atoms with van der Waals surface area (Å²) in [6.07, 6.45) is 1.79. The number of aromatic nitrogens is 2. The van der Waals surface area contributed by atoms with Crippen LogP contribution < -0.4 is 9.47 Å². The van der Waals surface area contributed by atoms with Crippen LogP contribution in [-0.2, 0) is 27.8 Å². The summed E-state index contributed by atoms with van der Waals surface area (Å²) in [4.78, 5) is 28.9. The Labute approximate surface area is 318 Å². The lowest BCUT2D eigenvalue weighted by Gasteiger charge is -2.56. The van der Waals surface area contributed by atoms with Crippen molar-refractivity contribution in [2.24, 2.45) is 11.3 Å². The normalized spacial score (nSPS) is 20.6. The summed E-state index contributed by atoms with van der Waals surface area (Å²) in [6, 6.07) is 27.7. The third kappa shape index (κ3) is 8.07. The van der Waals surface area contributed by atoms with Gasteiger partial charge >= 0.3 is 18.1 Å².